The van der Waals surface area contributed by atoms with Crippen LogP contribution in [0.25, 0.3) is 0 Å². The van der Waals surface area contributed by atoms with Crippen LogP contribution in [0.3, 0.4) is 0 Å². The topological polar surface area (TPSA) is 72.2 Å². The molecule has 0 aliphatic rings. The standard InChI is InChI=1S/C15H20N2O2S2/c1-4-12-7-8-13(20-12)9-17-21(18,19)15-11(3)6-5-10(2)14(15)16/h5-8,17H,4,9,16H2,1-3H3. The summed E-state index contributed by atoms with van der Waals surface area (Å²) < 4.78 is 27.6. The molecule has 1 heterocycles. The second-order valence-electron chi connectivity index (χ2n) is 4.99. The molecule has 3 N–H and O–H groups in total. The lowest BCUT2D eigenvalue weighted by atomic mass is 10.1. The maximum Gasteiger partial charge on any atom is 0.243 e. The molecule has 0 unspecified atom stereocenters. The second-order valence-corrected chi connectivity index (χ2v) is 7.94. The number of anilines is 1. The van der Waals surface area contributed by atoms with E-state index in [1.165, 1.54) is 4.88 Å². The van der Waals surface area contributed by atoms with Crippen LogP contribution in [0, 0.1) is 13.8 Å². The Hall–Kier alpha value is -1.37. The van der Waals surface area contributed by atoms with Crippen LogP contribution in [-0.4, -0.2) is 8.42 Å². The zero-order valence-corrected chi connectivity index (χ0v) is 14.1. The third kappa shape index (κ3) is 3.45. The lowest BCUT2D eigenvalue weighted by Gasteiger charge is -2.13. The number of hydrogen-bond acceptors (Lipinski definition) is 4. The minimum atomic E-state index is -3.61. The van der Waals surface area contributed by atoms with E-state index in [2.05, 4.69) is 11.6 Å². The summed E-state index contributed by atoms with van der Waals surface area (Å²) in [4.78, 5) is 2.43. The fraction of sp³-hybridized carbons (Fsp3) is 0.333. The largest absolute Gasteiger partial charge is 0.397 e. The van der Waals surface area contributed by atoms with E-state index in [1.54, 1.807) is 31.3 Å². The van der Waals surface area contributed by atoms with Crippen LogP contribution in [0.4, 0.5) is 5.69 Å². The lowest BCUT2D eigenvalue weighted by molar-refractivity contribution is 0.581. The Bertz CT molecular complexity index is 749. The lowest BCUT2D eigenvalue weighted by Crippen LogP contribution is -2.25. The van der Waals surface area contributed by atoms with Crippen molar-refractivity contribution in [3.63, 3.8) is 0 Å². The van der Waals surface area contributed by atoms with Crippen LogP contribution in [0.15, 0.2) is 29.2 Å². The number of hydrogen-bond donors (Lipinski definition) is 2. The van der Waals surface area contributed by atoms with Gasteiger partial charge >= 0.3 is 0 Å². The van der Waals surface area contributed by atoms with Gasteiger partial charge in [-0.25, -0.2) is 13.1 Å². The summed E-state index contributed by atoms with van der Waals surface area (Å²) >= 11 is 1.62. The van der Waals surface area contributed by atoms with Crippen molar-refractivity contribution in [2.24, 2.45) is 0 Å². The molecule has 4 nitrogen and oxygen atoms in total. The summed E-state index contributed by atoms with van der Waals surface area (Å²) in [6.07, 6.45) is 0.960. The molecular formula is C15H20N2O2S2. The summed E-state index contributed by atoms with van der Waals surface area (Å²) in [7, 11) is -3.61. The summed E-state index contributed by atoms with van der Waals surface area (Å²) in [5, 5.41) is 0. The van der Waals surface area contributed by atoms with E-state index in [1.807, 2.05) is 18.2 Å². The van der Waals surface area contributed by atoms with E-state index < -0.39 is 10.0 Å². The summed E-state index contributed by atoms with van der Waals surface area (Å²) in [5.74, 6) is 0. The van der Waals surface area contributed by atoms with Crippen LogP contribution in [-0.2, 0) is 23.0 Å². The number of nitrogens with two attached hydrogens (primary N) is 1. The summed E-state index contributed by atoms with van der Waals surface area (Å²) in [5.41, 5.74) is 7.70. The van der Waals surface area contributed by atoms with Crippen molar-refractivity contribution in [2.45, 2.75) is 38.6 Å². The predicted molar refractivity (Wildman–Crippen MR) is 88.1 cm³/mol. The first-order chi connectivity index (χ1) is 9.85. The van der Waals surface area contributed by atoms with E-state index in [9.17, 15) is 8.42 Å². The second kappa shape index (κ2) is 6.17. The molecule has 1 aromatic heterocycles. The van der Waals surface area contributed by atoms with Gasteiger partial charge in [0.15, 0.2) is 0 Å². The smallest absolute Gasteiger partial charge is 0.243 e. The van der Waals surface area contributed by atoms with Crippen LogP contribution in [0.2, 0.25) is 0 Å². The third-order valence-electron chi connectivity index (χ3n) is 3.38. The van der Waals surface area contributed by atoms with E-state index in [0.29, 0.717) is 17.8 Å². The molecule has 0 amide bonds. The van der Waals surface area contributed by atoms with Crippen molar-refractivity contribution in [3.8, 4) is 0 Å². The fourth-order valence-electron chi connectivity index (χ4n) is 2.11. The van der Waals surface area contributed by atoms with E-state index in [-0.39, 0.29) is 4.90 Å². The minimum absolute atomic E-state index is 0.190. The van der Waals surface area contributed by atoms with Crippen LogP contribution >= 0.6 is 11.3 Å². The molecule has 0 radical (unpaired) electrons. The zero-order valence-electron chi connectivity index (χ0n) is 12.4. The Morgan fingerprint density at radius 3 is 2.33 bits per heavy atom. The van der Waals surface area contributed by atoms with Gasteiger partial charge in [0.05, 0.1) is 5.69 Å². The Labute approximate surface area is 130 Å². The Kier molecular flexibility index (Phi) is 4.70. The van der Waals surface area contributed by atoms with Gasteiger partial charge in [-0.1, -0.05) is 19.1 Å². The molecule has 0 spiro atoms. The van der Waals surface area contributed by atoms with Crippen LogP contribution in [0.5, 0.6) is 0 Å². The number of nitrogen functional groups attached to an aromatic ring is 1. The Balaban J connectivity index is 2.25. The molecule has 0 bridgehead atoms. The quantitative estimate of drug-likeness (QED) is 0.831. The van der Waals surface area contributed by atoms with Gasteiger partial charge in [-0.3, -0.25) is 0 Å². The molecule has 1 aromatic carbocycles. The van der Waals surface area contributed by atoms with Gasteiger partial charge in [-0.15, -0.1) is 11.3 Å². The number of nitrogens with one attached hydrogen (secondary N) is 1. The normalized spacial score (nSPS) is 11.8. The first kappa shape index (κ1) is 16.0. The number of aryl methyl sites for hydroxylation is 3. The molecule has 114 valence electrons. The first-order valence-electron chi connectivity index (χ1n) is 6.78. The van der Waals surface area contributed by atoms with Gasteiger partial charge in [-0.2, -0.15) is 0 Å². The SMILES string of the molecule is CCc1ccc(CNS(=O)(=O)c2c(C)ccc(C)c2N)s1. The molecular weight excluding hydrogens is 304 g/mol. The number of sulfonamides is 1. The highest BCUT2D eigenvalue weighted by Crippen LogP contribution is 2.26. The molecule has 2 aromatic rings. The number of benzene rings is 1. The zero-order chi connectivity index (χ0) is 15.6. The molecule has 0 aliphatic carbocycles. The van der Waals surface area contributed by atoms with Gasteiger partial charge < -0.3 is 5.73 Å². The minimum Gasteiger partial charge on any atom is -0.397 e. The molecule has 0 fully saturated rings. The van der Waals surface area contributed by atoms with Gasteiger partial charge in [0.25, 0.3) is 0 Å². The first-order valence-corrected chi connectivity index (χ1v) is 9.08. The fourth-order valence-corrected chi connectivity index (χ4v) is 4.53. The highest BCUT2D eigenvalue weighted by atomic mass is 32.2. The molecule has 0 saturated heterocycles. The predicted octanol–water partition coefficient (Wildman–Crippen LogP) is 2.99. The molecule has 0 saturated carbocycles. The molecule has 6 heteroatoms. The summed E-state index contributed by atoms with van der Waals surface area (Å²) in [6, 6.07) is 7.59. The third-order valence-corrected chi connectivity index (χ3v) is 6.22. The highest BCUT2D eigenvalue weighted by Gasteiger charge is 2.21. The molecule has 21 heavy (non-hydrogen) atoms. The maximum absolute atomic E-state index is 12.5. The average Bonchev–Trinajstić information content (AvgIpc) is 2.89. The molecule has 2 rings (SSSR count). The van der Waals surface area contributed by atoms with Crippen LogP contribution in [0.1, 0.15) is 27.8 Å². The van der Waals surface area contributed by atoms with E-state index in [0.717, 1.165) is 16.9 Å². The Morgan fingerprint density at radius 1 is 1.10 bits per heavy atom. The maximum atomic E-state index is 12.5. The van der Waals surface area contributed by atoms with Crippen molar-refractivity contribution in [2.75, 3.05) is 5.73 Å². The molecule has 0 atom stereocenters. The van der Waals surface area contributed by atoms with Crippen molar-refractivity contribution in [1.29, 1.82) is 0 Å². The van der Waals surface area contributed by atoms with E-state index >= 15 is 0 Å². The van der Waals surface area contributed by atoms with Gasteiger partial charge in [-0.05, 0) is 43.5 Å². The average molecular weight is 324 g/mol. The van der Waals surface area contributed by atoms with Crippen LogP contribution < -0.4 is 10.5 Å². The van der Waals surface area contributed by atoms with Crippen molar-refractivity contribution >= 4 is 27.0 Å². The van der Waals surface area contributed by atoms with Gasteiger partial charge in [0, 0.05) is 16.3 Å². The van der Waals surface area contributed by atoms with Gasteiger partial charge in [0.2, 0.25) is 10.0 Å². The monoisotopic (exact) mass is 324 g/mol. The van der Waals surface area contributed by atoms with Gasteiger partial charge in [0.1, 0.15) is 4.90 Å². The number of thiophene rings is 1. The van der Waals surface area contributed by atoms with E-state index in [4.69, 9.17) is 5.73 Å². The molecule has 0 aliphatic heterocycles. The van der Waals surface area contributed by atoms with Crippen molar-refractivity contribution < 1.29 is 8.42 Å². The summed E-state index contributed by atoms with van der Waals surface area (Å²) in [6.45, 7) is 5.93. The van der Waals surface area contributed by atoms with Crippen molar-refractivity contribution in [3.05, 3.63) is 45.1 Å². The highest BCUT2D eigenvalue weighted by molar-refractivity contribution is 7.89. The number of rotatable bonds is 5. The Morgan fingerprint density at radius 2 is 1.71 bits per heavy atom. The van der Waals surface area contributed by atoms with Crippen molar-refractivity contribution in [1.82, 2.24) is 4.72 Å².